The van der Waals surface area contributed by atoms with Crippen LogP contribution in [0.25, 0.3) is 33.5 Å². The van der Waals surface area contributed by atoms with Crippen molar-refractivity contribution in [3.63, 3.8) is 0 Å². The monoisotopic (exact) mass is 2020 g/mol. The third kappa shape index (κ3) is 30.7. The minimum atomic E-state index is -3.75. The number of anilines is 1. The molecule has 1 aliphatic carbocycles. The van der Waals surface area contributed by atoms with Gasteiger partial charge >= 0.3 is 6.03 Å². The summed E-state index contributed by atoms with van der Waals surface area (Å²) in [6, 6.07) is 63.1. The number of piperidine rings is 1. The fraction of sp³-hybridized carbons (Fsp3) is 0.370. The second-order valence-corrected chi connectivity index (χ2v) is 40.5. The molecule has 8 atom stereocenters. The van der Waals surface area contributed by atoms with Crippen LogP contribution in [0, 0.1) is 96.2 Å². The number of hydrogen-bond acceptors (Lipinski definition) is 23. The van der Waals surface area contributed by atoms with Crippen LogP contribution in [-0.2, 0) is 34.1 Å². The van der Waals surface area contributed by atoms with Gasteiger partial charge in [0, 0.05) is 205 Å². The number of urea groups is 1. The summed E-state index contributed by atoms with van der Waals surface area (Å²) in [4.78, 5) is 86.5. The van der Waals surface area contributed by atoms with Crippen LogP contribution in [0.15, 0.2) is 222 Å². The van der Waals surface area contributed by atoms with E-state index in [2.05, 4.69) is 118 Å². The van der Waals surface area contributed by atoms with E-state index < -0.39 is 37.7 Å². The summed E-state index contributed by atoms with van der Waals surface area (Å²) >= 11 is 0. The van der Waals surface area contributed by atoms with Gasteiger partial charge in [-0.1, -0.05) is 154 Å². The number of rotatable bonds is 22. The number of carbonyl (C=O) groups excluding carboxylic acids is 6. The van der Waals surface area contributed by atoms with Crippen LogP contribution in [0.1, 0.15) is 152 Å². The summed E-state index contributed by atoms with van der Waals surface area (Å²) in [5.41, 5.74) is 11.2. The first kappa shape index (κ1) is 109. The predicted octanol–water partition coefficient (Wildman–Crippen LogP) is 11.4. The normalized spacial score (nSPS) is 19.3. The summed E-state index contributed by atoms with van der Waals surface area (Å²) in [5.74, 6) is -2.38. The lowest BCUT2D eigenvalue weighted by Gasteiger charge is -2.30. The van der Waals surface area contributed by atoms with Crippen molar-refractivity contribution in [1.82, 2.24) is 95.2 Å². The zero-order valence-electron chi connectivity index (χ0n) is 81.6. The van der Waals surface area contributed by atoms with Gasteiger partial charge in [0.25, 0.3) is 29.5 Å². The summed E-state index contributed by atoms with van der Waals surface area (Å²) < 4.78 is 86.1. The predicted molar refractivity (Wildman–Crippen MR) is 552 cm³/mol. The highest BCUT2D eigenvalue weighted by Crippen LogP contribution is 2.33. The maximum absolute atomic E-state index is 13.8. The standard InChI is InChI=1S/C22H23F2N7O.C19H22N2O.C18H21N5O3S.C18H17N3O.C17H22N4O3S.C13H15N3O.CH4/c1-5-31-11-16(14-6-7-17(23)18(24)8-14)19(12-31)26-22(32)27-21-13(2)20(28-30(21)4)15-9-25-29(3)10-15;1-21-13-5-8-18(14-21)20-19(22)17-11-9-16(10-12-17)15-6-3-2-4-7-15;1-2-22-8-7-16(12-22)21-27(25,26)17-5-3-4-14(10-17)18(24)20-15-6-9-23(11-15)13-19;19-13-21-11-10-17(12-21)20-18(22)16-8-6-15(7-9-16)14-4-2-1-3-5-14;18-12-21-9-8-15(11-21)19-17(22)13-4-3-7-16(10-13)25(23,24)20-14-5-1-2-6-14;1-10-2-4-11(5-3-10)13(17)15-12-6-7-16(8-12)9-14;/h1,6-10,16,19H,11-12H2,2-4H3,(H2,26,27,32);2-4,6-7,9-12,18H,5,8,13-14H2,1H3,(H,20,22);1,3-5,10,15-16,21H,6-9,11-12H2,(H,20,24);1-9,17H,10-12H2,(H,20,22);3-4,7,10,14-15,20H,1-2,5-6,8-9,11H2,(H,19,22);2-5,12H,6-8H2,1H3,(H,15,17);1H4/t;;;;;12-;/m.....1./s1. The molecule has 18 rings (SSSR count). The maximum Gasteiger partial charge on any atom is 0.320 e. The Bertz CT molecular complexity index is 6690. The first-order chi connectivity index (χ1) is 69.8. The molecule has 146 heavy (non-hydrogen) atoms. The van der Waals surface area contributed by atoms with Gasteiger partial charge in [0.15, 0.2) is 36.4 Å². The van der Waals surface area contributed by atoms with Crippen molar-refractivity contribution in [1.29, 1.82) is 21.0 Å². The quantitative estimate of drug-likeness (QED) is 0.0225. The molecule has 8 fully saturated rings. The van der Waals surface area contributed by atoms with Gasteiger partial charge < -0.3 is 66.2 Å². The molecular formula is C108H124F2N24O10S2. The highest BCUT2D eigenvalue weighted by atomic mass is 32.2. The van der Waals surface area contributed by atoms with Crippen molar-refractivity contribution in [2.24, 2.45) is 14.1 Å². The number of sulfonamides is 2. The molecule has 9 heterocycles. The second kappa shape index (κ2) is 52.0. The summed E-state index contributed by atoms with van der Waals surface area (Å²) in [6.45, 7) is 12.7. The van der Waals surface area contributed by atoms with Crippen LogP contribution in [0.5, 0.6) is 0 Å². The van der Waals surface area contributed by atoms with Gasteiger partial charge in [0.05, 0.1) is 22.0 Å². The van der Waals surface area contributed by atoms with E-state index in [1.54, 1.807) is 76.3 Å². The Hall–Kier alpha value is -15.7. The largest absolute Gasteiger partial charge is 0.348 e. The molecular weight excluding hydrogens is 1900 g/mol. The van der Waals surface area contributed by atoms with E-state index in [1.165, 1.54) is 35.9 Å². The van der Waals surface area contributed by atoms with Crippen molar-refractivity contribution >= 4 is 61.4 Å². The molecule has 7 unspecified atom stereocenters. The van der Waals surface area contributed by atoms with Gasteiger partial charge in [-0.25, -0.2) is 39.9 Å². The van der Waals surface area contributed by atoms with E-state index in [0.717, 1.165) is 128 Å². The Balaban J connectivity index is 0.000000157. The average Bonchev–Trinajstić information content (AvgIpc) is 1.70. The van der Waals surface area contributed by atoms with Crippen LogP contribution < -0.4 is 46.7 Å². The Kier molecular flexibility index (Phi) is 38.9. The van der Waals surface area contributed by atoms with Gasteiger partial charge in [-0.3, -0.25) is 38.7 Å². The average molecular weight is 2020 g/mol. The number of carbonyl (C=O) groups is 6. The molecule has 2 aromatic heterocycles. The van der Waals surface area contributed by atoms with E-state index >= 15 is 0 Å². The number of amides is 7. The van der Waals surface area contributed by atoms with Crippen LogP contribution in [0.2, 0.25) is 0 Å². The minimum absolute atomic E-state index is 0. The molecule has 7 aliphatic heterocycles. The fourth-order valence-electron chi connectivity index (χ4n) is 18.4. The van der Waals surface area contributed by atoms with E-state index in [-0.39, 0.29) is 107 Å². The second-order valence-electron chi connectivity index (χ2n) is 37.1. The first-order valence-corrected chi connectivity index (χ1v) is 51.2. The number of aryl methyl sites for hydroxylation is 3. The van der Waals surface area contributed by atoms with Gasteiger partial charge in [0.2, 0.25) is 20.0 Å². The molecule has 7 saturated heterocycles. The van der Waals surface area contributed by atoms with Crippen molar-refractivity contribution in [2.75, 3.05) is 104 Å². The molecule has 8 aromatic carbocycles. The lowest BCUT2D eigenvalue weighted by Crippen LogP contribution is -2.46. The Morgan fingerprint density at radius 2 is 0.801 bits per heavy atom. The van der Waals surface area contributed by atoms with Crippen LogP contribution >= 0.6 is 0 Å². The molecule has 0 bridgehead atoms. The number of benzene rings is 8. The van der Waals surface area contributed by atoms with Crippen molar-refractivity contribution < 1.29 is 54.4 Å². The highest BCUT2D eigenvalue weighted by molar-refractivity contribution is 7.89. The molecule has 0 radical (unpaired) electrons. The molecule has 0 spiro atoms. The SMILES string of the molecule is C.C#CN1CC(NC(=O)Nc2c(C)c(-c3cnn(C)c3)nn2C)C(c2ccc(F)c(F)c2)C1.C#CN1CCC(NS(=O)(=O)c2cccc(C(=O)NC3CCN(C#N)C3)c2)C1.CN1CCCC(NC(=O)c2ccc(-c3ccccc3)cc2)C1.Cc1ccc(C(=O)N[C@@H]2CCN(C#N)C2)cc1.N#CN1CCC(NC(=O)c2ccc(-c3ccccc3)cc2)C1.N#CN1CCC(NC(=O)c2cccc(S(=O)(=O)NC3CCCC3)c2)C1. The number of hydrogen-bond donors (Lipinski definition) is 9. The van der Waals surface area contributed by atoms with Gasteiger partial charge in [-0.05, 0) is 198 Å². The first-order valence-electron chi connectivity index (χ1n) is 48.2. The number of nitrogens with zero attached hydrogens (tertiary/aromatic N) is 15. The molecule has 38 heteroatoms. The highest BCUT2D eigenvalue weighted by Gasteiger charge is 2.37. The van der Waals surface area contributed by atoms with Gasteiger partial charge in [-0.15, -0.1) is 0 Å². The molecule has 34 nitrogen and oxygen atoms in total. The minimum Gasteiger partial charge on any atom is -0.348 e. The van der Waals surface area contributed by atoms with Crippen LogP contribution in [-0.4, -0.2) is 253 Å². The molecule has 8 aliphatic rings. The third-order valence-electron chi connectivity index (χ3n) is 26.3. The lowest BCUT2D eigenvalue weighted by molar-refractivity contribution is 0.0907. The van der Waals surface area contributed by atoms with Crippen molar-refractivity contribution in [3.05, 3.63) is 269 Å². The van der Waals surface area contributed by atoms with Gasteiger partial charge in [-0.2, -0.15) is 31.2 Å². The maximum atomic E-state index is 13.8. The molecule has 9 N–H and O–H groups in total. The number of nitriles is 4. The Labute approximate surface area is 853 Å². The van der Waals surface area contributed by atoms with E-state index in [1.807, 2.05) is 148 Å². The Morgan fingerprint density at radius 3 is 1.21 bits per heavy atom. The van der Waals surface area contributed by atoms with Crippen LogP contribution in [0.4, 0.5) is 19.4 Å². The molecule has 10 aromatic rings. The van der Waals surface area contributed by atoms with Gasteiger partial charge in [0.1, 0.15) is 11.5 Å². The molecule has 7 amide bonds. The molecule has 1 saturated carbocycles. The smallest absolute Gasteiger partial charge is 0.320 e. The van der Waals surface area contributed by atoms with E-state index in [4.69, 9.17) is 33.9 Å². The van der Waals surface area contributed by atoms with Crippen molar-refractivity contribution in [3.8, 4) is 83.2 Å². The summed E-state index contributed by atoms with van der Waals surface area (Å²) in [5, 5.41) is 64.5. The zero-order valence-corrected chi connectivity index (χ0v) is 83.2. The number of halogens is 2. The number of terminal acetylenes is 2. The topological polar surface area (TPSA) is 432 Å². The summed E-state index contributed by atoms with van der Waals surface area (Å²) in [7, 11) is -1.71. The molecule has 762 valence electrons. The van der Waals surface area contributed by atoms with Crippen LogP contribution in [0.3, 0.4) is 0 Å². The summed E-state index contributed by atoms with van der Waals surface area (Å²) in [6.07, 6.45) is 32.5. The zero-order chi connectivity index (χ0) is 103. The number of aromatic nitrogens is 4. The lowest BCUT2D eigenvalue weighted by atomic mass is 9.94. The fourth-order valence-corrected chi connectivity index (χ4v) is 21.0. The Morgan fingerprint density at radius 1 is 0.397 bits per heavy atom. The third-order valence-corrected chi connectivity index (χ3v) is 29.3. The number of nitrogens with one attached hydrogen (secondary N) is 9. The van der Waals surface area contributed by atoms with E-state index in [9.17, 15) is 54.4 Å². The van der Waals surface area contributed by atoms with Crippen molar-refractivity contribution in [2.45, 2.75) is 156 Å². The van der Waals surface area contributed by atoms with E-state index in [0.29, 0.717) is 119 Å². The number of likely N-dealkylation sites (tertiary alicyclic amines) is 7. The number of likely N-dealkylation sites (N-methyl/N-ethyl adjacent to an activating group) is 1.